The lowest BCUT2D eigenvalue weighted by atomic mass is 9.96. The van der Waals surface area contributed by atoms with Crippen molar-refractivity contribution in [3.8, 4) is 5.75 Å². The molecule has 7 nitrogen and oxygen atoms in total. The van der Waals surface area contributed by atoms with Crippen molar-refractivity contribution >= 4 is 46.5 Å². The molecule has 2 aliphatic rings. The monoisotopic (exact) mass is 544 g/mol. The van der Waals surface area contributed by atoms with Gasteiger partial charge in [-0.05, 0) is 69.9 Å². The van der Waals surface area contributed by atoms with Gasteiger partial charge in [0.15, 0.2) is 5.60 Å². The predicted molar refractivity (Wildman–Crippen MR) is 131 cm³/mol. The second-order valence-electron chi connectivity index (χ2n) is 9.48. The van der Waals surface area contributed by atoms with Gasteiger partial charge in [0.2, 0.25) is 0 Å². The number of anilines is 2. The summed E-state index contributed by atoms with van der Waals surface area (Å²) < 4.78 is 43.3. The second kappa shape index (κ2) is 9.97. The molecule has 1 aromatic heterocycles. The maximum atomic E-state index is 13.1. The highest BCUT2D eigenvalue weighted by molar-refractivity contribution is 6.35. The molecule has 0 spiro atoms. The van der Waals surface area contributed by atoms with E-state index in [0.29, 0.717) is 34.5 Å². The summed E-state index contributed by atoms with van der Waals surface area (Å²) in [7, 11) is 0. The Hall–Kier alpha value is -2.72. The van der Waals surface area contributed by atoms with Gasteiger partial charge in [0.25, 0.3) is 5.91 Å². The van der Waals surface area contributed by atoms with Crippen molar-refractivity contribution in [3.05, 3.63) is 46.6 Å². The summed E-state index contributed by atoms with van der Waals surface area (Å²) in [5.74, 6) is -1.33. The van der Waals surface area contributed by atoms with Crippen LogP contribution >= 0.6 is 23.2 Å². The van der Waals surface area contributed by atoms with E-state index in [4.69, 9.17) is 27.9 Å². The van der Waals surface area contributed by atoms with Crippen LogP contribution < -0.4 is 20.3 Å². The van der Waals surface area contributed by atoms with Crippen LogP contribution in [0.15, 0.2) is 36.5 Å². The Morgan fingerprint density at radius 3 is 2.28 bits per heavy atom. The number of nitrogens with zero attached hydrogens (tertiary/aromatic N) is 2. The summed E-state index contributed by atoms with van der Waals surface area (Å²) in [5, 5.41) is 5.67. The van der Waals surface area contributed by atoms with Gasteiger partial charge >= 0.3 is 12.1 Å². The van der Waals surface area contributed by atoms with Gasteiger partial charge in [-0.2, -0.15) is 13.2 Å². The molecule has 36 heavy (non-hydrogen) atoms. The Bertz CT molecular complexity index is 1130. The molecule has 2 amide bonds. The summed E-state index contributed by atoms with van der Waals surface area (Å²) in [4.78, 5) is 30.6. The van der Waals surface area contributed by atoms with E-state index in [1.54, 1.807) is 43.4 Å². The van der Waals surface area contributed by atoms with E-state index in [9.17, 15) is 22.8 Å². The average Bonchev–Trinajstić information content (AvgIpc) is 3.05. The maximum Gasteiger partial charge on any atom is 0.471 e. The number of aromatic nitrogens is 1. The molecule has 12 heteroatoms. The average molecular weight is 545 g/mol. The predicted octanol–water partition coefficient (Wildman–Crippen LogP) is 5.36. The first kappa shape index (κ1) is 26.3. The third kappa shape index (κ3) is 5.81. The number of hydrogen-bond donors (Lipinski definition) is 2. The van der Waals surface area contributed by atoms with Crippen LogP contribution in [0.5, 0.6) is 5.75 Å². The van der Waals surface area contributed by atoms with Crippen molar-refractivity contribution in [1.29, 1.82) is 0 Å². The Labute approximate surface area is 216 Å². The Balaban J connectivity index is 1.37. The first-order chi connectivity index (χ1) is 16.8. The molecule has 2 saturated heterocycles. The summed E-state index contributed by atoms with van der Waals surface area (Å²) >= 11 is 12.1. The first-order valence-corrected chi connectivity index (χ1v) is 12.2. The van der Waals surface area contributed by atoms with Gasteiger partial charge in [-0.1, -0.05) is 23.2 Å². The number of nitrogens with one attached hydrogen (secondary N) is 2. The molecule has 194 valence electrons. The van der Waals surface area contributed by atoms with Crippen LogP contribution in [0.3, 0.4) is 0 Å². The topological polar surface area (TPSA) is 83.6 Å². The number of carbonyl (C=O) groups is 2. The molecule has 0 saturated carbocycles. The zero-order valence-electron chi connectivity index (χ0n) is 19.5. The number of pyridine rings is 1. The number of benzene rings is 1. The number of piperidine rings is 1. The molecule has 2 aliphatic heterocycles. The minimum Gasteiger partial charge on any atom is -0.476 e. The van der Waals surface area contributed by atoms with Crippen LogP contribution in [0, 0.1) is 0 Å². The van der Waals surface area contributed by atoms with Crippen molar-refractivity contribution in [1.82, 2.24) is 10.3 Å². The third-order valence-corrected chi connectivity index (χ3v) is 6.93. The van der Waals surface area contributed by atoms with E-state index in [2.05, 4.69) is 15.2 Å². The van der Waals surface area contributed by atoms with E-state index in [1.165, 1.54) is 12.3 Å². The second-order valence-corrected chi connectivity index (χ2v) is 10.3. The maximum absolute atomic E-state index is 13.1. The highest BCUT2D eigenvalue weighted by atomic mass is 35.5. The molecule has 1 unspecified atom stereocenters. The summed E-state index contributed by atoms with van der Waals surface area (Å²) in [5.41, 5.74) is -1.20. The van der Waals surface area contributed by atoms with E-state index in [-0.39, 0.29) is 29.7 Å². The molecule has 2 fully saturated rings. The Morgan fingerprint density at radius 2 is 1.72 bits per heavy atom. The Morgan fingerprint density at radius 1 is 1.06 bits per heavy atom. The molecule has 0 radical (unpaired) electrons. The molecule has 2 N–H and O–H groups in total. The van der Waals surface area contributed by atoms with Crippen molar-refractivity contribution < 1.29 is 27.5 Å². The fourth-order valence-corrected chi connectivity index (χ4v) is 5.17. The zero-order chi connectivity index (χ0) is 26.3. The minimum atomic E-state index is -4.97. The van der Waals surface area contributed by atoms with Crippen molar-refractivity contribution in [3.63, 3.8) is 0 Å². The van der Waals surface area contributed by atoms with Crippen molar-refractivity contribution in [2.75, 3.05) is 10.2 Å². The van der Waals surface area contributed by atoms with Crippen LogP contribution in [0.4, 0.5) is 24.7 Å². The molecular weight excluding hydrogens is 520 g/mol. The molecule has 3 atom stereocenters. The van der Waals surface area contributed by atoms with Gasteiger partial charge in [0.1, 0.15) is 11.6 Å². The molecule has 1 aromatic carbocycles. The van der Waals surface area contributed by atoms with E-state index >= 15 is 0 Å². The highest BCUT2D eigenvalue weighted by Gasteiger charge is 2.43. The Kier molecular flexibility index (Phi) is 7.30. The molecule has 4 rings (SSSR count). The van der Waals surface area contributed by atoms with Crippen molar-refractivity contribution in [2.24, 2.45) is 0 Å². The van der Waals surface area contributed by atoms with Gasteiger partial charge in [0, 0.05) is 23.1 Å². The fourth-order valence-electron chi connectivity index (χ4n) is 4.72. The number of halogens is 5. The normalized spacial score (nSPS) is 21.8. The zero-order valence-corrected chi connectivity index (χ0v) is 21.0. The summed E-state index contributed by atoms with van der Waals surface area (Å²) in [6, 6.07) is 7.97. The largest absolute Gasteiger partial charge is 0.476 e. The van der Waals surface area contributed by atoms with Gasteiger partial charge in [0.05, 0.1) is 16.9 Å². The molecule has 2 bridgehead atoms. The molecule has 3 heterocycles. The van der Waals surface area contributed by atoms with E-state index in [1.807, 2.05) is 0 Å². The van der Waals surface area contributed by atoms with Crippen LogP contribution in [-0.4, -0.2) is 46.7 Å². The van der Waals surface area contributed by atoms with Crippen molar-refractivity contribution in [2.45, 2.75) is 69.4 Å². The molecular formula is C24H25Cl2F3N4O3. The number of amides is 2. The number of rotatable bonds is 6. The number of ether oxygens (including phenoxy) is 1. The van der Waals surface area contributed by atoms with Gasteiger partial charge in [-0.3, -0.25) is 9.59 Å². The summed E-state index contributed by atoms with van der Waals surface area (Å²) in [6.07, 6.45) is -0.557. The number of alkyl halides is 3. The third-order valence-electron chi connectivity index (χ3n) is 6.40. The highest BCUT2D eigenvalue weighted by Crippen LogP contribution is 2.39. The summed E-state index contributed by atoms with van der Waals surface area (Å²) in [6.45, 7) is 3.33. The van der Waals surface area contributed by atoms with Crippen LogP contribution in [-0.2, 0) is 9.59 Å². The smallest absolute Gasteiger partial charge is 0.471 e. The lowest BCUT2D eigenvalue weighted by Crippen LogP contribution is -2.55. The standard InChI is InChI=1S/C24H25Cl2F3N4O3/c1-23(2,36-19-7-3-13(25)9-18(19)26)21(34)32-15-10-16-5-6-17(11-15)33(16)20-8-4-14(12-30-20)31-22(35)24(27,28)29/h3-4,7-9,12,15-17H,5-6,10-11H2,1-2H3,(H,31,35)(H,32,34)/t15?,16-,17+. The SMILES string of the molecule is CC(C)(Oc1ccc(Cl)cc1Cl)C(=O)NC1C[C@H]2CC[C@@H](C1)N2c1ccc(NC(=O)C(F)(F)F)cn1. The van der Waals surface area contributed by atoms with E-state index < -0.39 is 17.7 Å². The number of hydrogen-bond acceptors (Lipinski definition) is 5. The molecule has 2 aromatic rings. The van der Waals surface area contributed by atoms with Crippen LogP contribution in [0.25, 0.3) is 0 Å². The lowest BCUT2D eigenvalue weighted by molar-refractivity contribution is -0.167. The number of carbonyl (C=O) groups excluding carboxylic acids is 2. The number of fused-ring (bicyclic) bond motifs is 2. The van der Waals surface area contributed by atoms with Crippen LogP contribution in [0.1, 0.15) is 39.5 Å². The minimum absolute atomic E-state index is 0.0291. The van der Waals surface area contributed by atoms with Gasteiger partial charge in [-0.15, -0.1) is 0 Å². The van der Waals surface area contributed by atoms with Crippen LogP contribution in [0.2, 0.25) is 10.0 Å². The lowest BCUT2D eigenvalue weighted by Gasteiger charge is -2.40. The molecule has 0 aliphatic carbocycles. The van der Waals surface area contributed by atoms with E-state index in [0.717, 1.165) is 12.8 Å². The van der Waals surface area contributed by atoms with Gasteiger partial charge in [-0.25, -0.2) is 4.98 Å². The first-order valence-electron chi connectivity index (χ1n) is 11.4. The van der Waals surface area contributed by atoms with Gasteiger partial charge < -0.3 is 20.3 Å². The fraction of sp³-hybridized carbons (Fsp3) is 0.458. The quantitative estimate of drug-likeness (QED) is 0.511.